The number of amides is 1. The maximum atomic E-state index is 12.9. The van der Waals surface area contributed by atoms with E-state index in [0.29, 0.717) is 16.9 Å². The molecule has 0 saturated heterocycles. The van der Waals surface area contributed by atoms with Crippen LogP contribution in [0.5, 0.6) is 5.75 Å². The minimum Gasteiger partial charge on any atom is -0.493 e. The first-order valence-corrected chi connectivity index (χ1v) is 7.92. The van der Waals surface area contributed by atoms with Crippen molar-refractivity contribution in [3.05, 3.63) is 66.5 Å². The molecule has 4 aromatic rings. The van der Waals surface area contributed by atoms with Gasteiger partial charge in [0.2, 0.25) is 0 Å². The first-order valence-electron chi connectivity index (χ1n) is 7.92. The van der Waals surface area contributed by atoms with Gasteiger partial charge in [0.05, 0.1) is 18.4 Å². The van der Waals surface area contributed by atoms with Gasteiger partial charge >= 0.3 is 0 Å². The molecule has 4 rings (SSSR count). The van der Waals surface area contributed by atoms with E-state index < -0.39 is 0 Å². The van der Waals surface area contributed by atoms with E-state index in [1.807, 2.05) is 60.4 Å². The molecule has 0 aliphatic rings. The summed E-state index contributed by atoms with van der Waals surface area (Å²) in [6, 6.07) is 14.9. The maximum Gasteiger partial charge on any atom is 0.256 e. The third kappa shape index (κ3) is 2.59. The Morgan fingerprint density at radius 3 is 2.60 bits per heavy atom. The van der Waals surface area contributed by atoms with Crippen LogP contribution in [0.15, 0.2) is 65.3 Å². The Balaban J connectivity index is 1.86. The van der Waals surface area contributed by atoms with Crippen LogP contribution in [-0.2, 0) is 7.05 Å². The van der Waals surface area contributed by atoms with Crippen LogP contribution in [0.25, 0.3) is 21.9 Å². The number of furan rings is 1. The number of rotatable bonds is 3. The van der Waals surface area contributed by atoms with E-state index in [-0.39, 0.29) is 5.91 Å². The average molecular weight is 333 g/mol. The minimum atomic E-state index is -0.187. The Labute approximate surface area is 144 Å². The second-order valence-electron chi connectivity index (χ2n) is 5.82. The van der Waals surface area contributed by atoms with Gasteiger partial charge in [-0.25, -0.2) is 4.57 Å². The number of para-hydroxylation sites is 1. The minimum absolute atomic E-state index is 0.187. The number of aryl methyl sites for hydroxylation is 1. The van der Waals surface area contributed by atoms with E-state index in [0.717, 1.165) is 22.0 Å². The molecule has 0 saturated carbocycles. The van der Waals surface area contributed by atoms with Gasteiger partial charge in [-0.3, -0.25) is 4.79 Å². The quantitative estimate of drug-likeness (QED) is 0.582. The molecule has 0 unspecified atom stereocenters. The molecule has 1 N–H and O–H groups in total. The zero-order valence-electron chi connectivity index (χ0n) is 13.9. The number of fused-ring (bicyclic) bond motifs is 3. The summed E-state index contributed by atoms with van der Waals surface area (Å²) in [6.45, 7) is 0. The third-order valence-electron chi connectivity index (χ3n) is 4.19. The number of carbonyl (C=O) groups excluding carboxylic acids is 1. The van der Waals surface area contributed by atoms with Gasteiger partial charge in [0.25, 0.3) is 5.91 Å². The maximum absolute atomic E-state index is 12.9. The highest BCUT2D eigenvalue weighted by Gasteiger charge is 2.19. The molecule has 0 spiro atoms. The van der Waals surface area contributed by atoms with Gasteiger partial charge in [0.15, 0.2) is 23.7 Å². The highest BCUT2D eigenvalue weighted by molar-refractivity contribution is 6.20. The monoisotopic (exact) mass is 333 g/mol. The summed E-state index contributed by atoms with van der Waals surface area (Å²) in [5.74, 6) is 0.419. The van der Waals surface area contributed by atoms with Crippen molar-refractivity contribution < 1.29 is 18.5 Å². The lowest BCUT2D eigenvalue weighted by Gasteiger charge is -2.07. The lowest BCUT2D eigenvalue weighted by Crippen LogP contribution is -2.26. The van der Waals surface area contributed by atoms with Crippen molar-refractivity contribution in [1.82, 2.24) is 0 Å². The van der Waals surface area contributed by atoms with Crippen LogP contribution in [-0.4, -0.2) is 13.0 Å². The molecule has 0 atom stereocenters. The fraction of sp³-hybridized carbons (Fsp3) is 0.100. The Kier molecular flexibility index (Phi) is 3.61. The largest absolute Gasteiger partial charge is 0.493 e. The second kappa shape index (κ2) is 5.94. The molecule has 124 valence electrons. The van der Waals surface area contributed by atoms with Crippen LogP contribution in [0.3, 0.4) is 0 Å². The van der Waals surface area contributed by atoms with Crippen molar-refractivity contribution >= 4 is 33.5 Å². The smallest absolute Gasteiger partial charge is 0.256 e. The Morgan fingerprint density at radius 1 is 1.08 bits per heavy atom. The first kappa shape index (κ1) is 15.2. The topological polar surface area (TPSA) is 55.4 Å². The predicted molar refractivity (Wildman–Crippen MR) is 95.8 cm³/mol. The van der Waals surface area contributed by atoms with Crippen molar-refractivity contribution in [1.29, 1.82) is 0 Å². The second-order valence-corrected chi connectivity index (χ2v) is 5.82. The molecule has 2 aromatic heterocycles. The molecule has 2 heterocycles. The van der Waals surface area contributed by atoms with E-state index >= 15 is 0 Å². The van der Waals surface area contributed by atoms with Crippen LogP contribution in [0.4, 0.5) is 5.69 Å². The summed E-state index contributed by atoms with van der Waals surface area (Å²) in [5, 5.41) is 4.58. The zero-order chi connectivity index (χ0) is 17.4. The summed E-state index contributed by atoms with van der Waals surface area (Å²) >= 11 is 0. The number of aromatic nitrogens is 1. The summed E-state index contributed by atoms with van der Waals surface area (Å²) in [7, 11) is 3.52. The van der Waals surface area contributed by atoms with Gasteiger partial charge < -0.3 is 14.5 Å². The number of hydrogen-bond donors (Lipinski definition) is 1. The molecule has 0 bridgehead atoms. The molecule has 5 heteroatoms. The summed E-state index contributed by atoms with van der Waals surface area (Å²) in [4.78, 5) is 12.9. The number of nitrogens with zero attached hydrogens (tertiary/aromatic N) is 1. The van der Waals surface area contributed by atoms with Crippen LogP contribution >= 0.6 is 0 Å². The molecule has 0 aliphatic heterocycles. The lowest BCUT2D eigenvalue weighted by atomic mass is 10.0. The number of nitrogens with one attached hydrogen (secondary N) is 1. The highest BCUT2D eigenvalue weighted by Crippen LogP contribution is 2.37. The van der Waals surface area contributed by atoms with E-state index in [1.54, 1.807) is 19.2 Å². The van der Waals surface area contributed by atoms with Crippen molar-refractivity contribution in [2.45, 2.75) is 0 Å². The molecular weight excluding hydrogens is 316 g/mol. The average Bonchev–Trinajstić information content (AvgIpc) is 3.02. The standard InChI is InChI=1S/C20H16N2O3/c1-22-11-9-13(10-12-22)21-20(23)15-7-8-17(24-2)19-18(15)14-5-3-4-6-16(14)25-19/h3-12H,1-2H3/p+1. The fourth-order valence-electron chi connectivity index (χ4n) is 2.94. The van der Waals surface area contributed by atoms with E-state index in [2.05, 4.69) is 5.32 Å². The Hall–Kier alpha value is -3.34. The van der Waals surface area contributed by atoms with Crippen molar-refractivity contribution in [3.63, 3.8) is 0 Å². The fourth-order valence-corrected chi connectivity index (χ4v) is 2.94. The predicted octanol–water partition coefficient (Wildman–Crippen LogP) is 3.67. The number of hydrogen-bond acceptors (Lipinski definition) is 3. The molecule has 0 aliphatic carbocycles. The van der Waals surface area contributed by atoms with Crippen molar-refractivity contribution in [2.75, 3.05) is 12.4 Å². The van der Waals surface area contributed by atoms with Crippen LogP contribution in [0.2, 0.25) is 0 Å². The van der Waals surface area contributed by atoms with Gasteiger partial charge in [0.1, 0.15) is 12.6 Å². The summed E-state index contributed by atoms with van der Waals surface area (Å²) in [5.41, 5.74) is 2.59. The van der Waals surface area contributed by atoms with Gasteiger partial charge in [-0.05, 0) is 18.2 Å². The molecule has 2 aromatic carbocycles. The Bertz CT molecular complexity index is 1080. The number of pyridine rings is 1. The van der Waals surface area contributed by atoms with Gasteiger partial charge in [-0.15, -0.1) is 0 Å². The van der Waals surface area contributed by atoms with Crippen LogP contribution in [0.1, 0.15) is 10.4 Å². The Morgan fingerprint density at radius 2 is 1.84 bits per heavy atom. The summed E-state index contributed by atoms with van der Waals surface area (Å²) in [6.07, 6.45) is 3.76. The number of ether oxygens (including phenoxy) is 1. The molecule has 5 nitrogen and oxygen atoms in total. The molecule has 25 heavy (non-hydrogen) atoms. The van der Waals surface area contributed by atoms with Gasteiger partial charge in [-0.1, -0.05) is 18.2 Å². The van der Waals surface area contributed by atoms with Crippen LogP contribution < -0.4 is 14.6 Å². The zero-order valence-corrected chi connectivity index (χ0v) is 13.9. The van der Waals surface area contributed by atoms with E-state index in [4.69, 9.17) is 9.15 Å². The van der Waals surface area contributed by atoms with Crippen molar-refractivity contribution in [3.8, 4) is 5.75 Å². The first-order chi connectivity index (χ1) is 12.2. The van der Waals surface area contributed by atoms with Gasteiger partial charge in [-0.2, -0.15) is 0 Å². The molecular formula is C20H17N2O3+. The number of benzene rings is 2. The molecule has 0 fully saturated rings. The molecule has 0 radical (unpaired) electrons. The third-order valence-corrected chi connectivity index (χ3v) is 4.19. The number of anilines is 1. The van der Waals surface area contributed by atoms with Crippen molar-refractivity contribution in [2.24, 2.45) is 7.05 Å². The number of methoxy groups -OCH3 is 1. The highest BCUT2D eigenvalue weighted by atomic mass is 16.5. The lowest BCUT2D eigenvalue weighted by molar-refractivity contribution is -0.671. The number of carbonyl (C=O) groups is 1. The normalized spacial score (nSPS) is 11.0. The SMILES string of the molecule is COc1ccc(C(=O)Nc2cc[n+](C)cc2)c2c1oc1ccccc12. The van der Waals surface area contributed by atoms with E-state index in [1.165, 1.54) is 0 Å². The van der Waals surface area contributed by atoms with Crippen LogP contribution in [0, 0.1) is 0 Å². The van der Waals surface area contributed by atoms with Gasteiger partial charge in [0, 0.05) is 22.9 Å². The molecule has 1 amide bonds. The summed E-state index contributed by atoms with van der Waals surface area (Å²) < 4.78 is 13.2. The van der Waals surface area contributed by atoms with E-state index in [9.17, 15) is 4.79 Å².